The van der Waals surface area contributed by atoms with Gasteiger partial charge in [-0.3, -0.25) is 4.79 Å². The van der Waals surface area contributed by atoms with Gasteiger partial charge in [-0.1, -0.05) is 13.8 Å². The molecule has 146 valence electrons. The third-order valence-corrected chi connectivity index (χ3v) is 6.74. The first-order chi connectivity index (χ1) is 13.0. The van der Waals surface area contributed by atoms with Crippen LogP contribution in [0.4, 0.5) is 0 Å². The van der Waals surface area contributed by atoms with E-state index in [1.165, 1.54) is 19.3 Å². The Hall–Kier alpha value is -1.84. The van der Waals surface area contributed by atoms with Crippen molar-refractivity contribution < 1.29 is 9.53 Å². The van der Waals surface area contributed by atoms with E-state index in [9.17, 15) is 4.79 Å². The van der Waals surface area contributed by atoms with Gasteiger partial charge >= 0.3 is 0 Å². The number of benzene rings is 1. The quantitative estimate of drug-likeness (QED) is 0.556. The Morgan fingerprint density at radius 2 is 1.74 bits per heavy atom. The summed E-state index contributed by atoms with van der Waals surface area (Å²) in [6.45, 7) is 5.13. The van der Waals surface area contributed by atoms with Gasteiger partial charge in [0.1, 0.15) is 5.75 Å². The fourth-order valence-corrected chi connectivity index (χ4v) is 5.74. The van der Waals surface area contributed by atoms with E-state index in [2.05, 4.69) is 24.4 Å². The molecule has 0 spiro atoms. The molecule has 4 bridgehead atoms. The summed E-state index contributed by atoms with van der Waals surface area (Å²) in [7, 11) is 0. The minimum Gasteiger partial charge on any atom is -0.494 e. The zero-order chi connectivity index (χ0) is 18.9. The van der Waals surface area contributed by atoms with Gasteiger partial charge in [0.05, 0.1) is 18.2 Å². The summed E-state index contributed by atoms with van der Waals surface area (Å²) in [6.07, 6.45) is 10.0. The van der Waals surface area contributed by atoms with E-state index >= 15 is 0 Å². The highest BCUT2D eigenvalue weighted by Gasteiger charge is 2.54. The molecule has 1 aromatic rings. The van der Waals surface area contributed by atoms with Crippen LogP contribution >= 0.6 is 0 Å². The van der Waals surface area contributed by atoms with Crippen molar-refractivity contribution in [2.45, 2.75) is 58.8 Å². The Labute approximate surface area is 162 Å². The summed E-state index contributed by atoms with van der Waals surface area (Å²) in [6, 6.07) is 7.88. The summed E-state index contributed by atoms with van der Waals surface area (Å²) in [4.78, 5) is 12.9. The maximum atomic E-state index is 12.9. The van der Waals surface area contributed by atoms with Crippen LogP contribution < -0.4 is 10.2 Å². The van der Waals surface area contributed by atoms with Crippen molar-refractivity contribution in [1.82, 2.24) is 5.43 Å². The second kappa shape index (κ2) is 7.65. The molecule has 0 atom stereocenters. The predicted molar refractivity (Wildman–Crippen MR) is 108 cm³/mol. The largest absolute Gasteiger partial charge is 0.494 e. The summed E-state index contributed by atoms with van der Waals surface area (Å²) in [5, 5.41) is 4.25. The topological polar surface area (TPSA) is 50.7 Å². The molecule has 4 saturated carbocycles. The van der Waals surface area contributed by atoms with Crippen molar-refractivity contribution in [3.63, 3.8) is 0 Å². The van der Waals surface area contributed by atoms with Gasteiger partial charge in [0.2, 0.25) is 5.91 Å². The molecular weight excluding hydrogens is 336 g/mol. The Morgan fingerprint density at radius 3 is 2.30 bits per heavy atom. The number of amides is 1. The lowest BCUT2D eigenvalue weighted by atomic mass is 9.49. The first-order valence-electron chi connectivity index (χ1n) is 10.6. The van der Waals surface area contributed by atoms with Gasteiger partial charge < -0.3 is 4.74 Å². The van der Waals surface area contributed by atoms with Crippen LogP contribution in [0.15, 0.2) is 29.4 Å². The van der Waals surface area contributed by atoms with Crippen LogP contribution in [-0.2, 0) is 4.79 Å². The smallest absolute Gasteiger partial charge is 0.246 e. The van der Waals surface area contributed by atoms with E-state index in [1.54, 1.807) is 6.21 Å². The molecule has 4 heteroatoms. The number of hydrogen-bond acceptors (Lipinski definition) is 3. The third kappa shape index (κ3) is 4.20. The molecule has 1 aromatic carbocycles. The summed E-state index contributed by atoms with van der Waals surface area (Å²) in [5.41, 5.74) is 3.68. The Morgan fingerprint density at radius 1 is 1.15 bits per heavy atom. The predicted octanol–water partition coefficient (Wildman–Crippen LogP) is 4.78. The van der Waals surface area contributed by atoms with Crippen molar-refractivity contribution in [3.05, 3.63) is 29.8 Å². The number of carbonyl (C=O) groups is 1. The highest BCUT2D eigenvalue weighted by molar-refractivity contribution is 5.85. The van der Waals surface area contributed by atoms with Gasteiger partial charge in [-0.05, 0) is 98.4 Å². The van der Waals surface area contributed by atoms with Crippen molar-refractivity contribution in [2.75, 3.05) is 6.61 Å². The second-order valence-corrected chi connectivity index (χ2v) is 9.50. The summed E-state index contributed by atoms with van der Waals surface area (Å²) < 4.78 is 5.74. The third-order valence-electron chi connectivity index (χ3n) is 6.74. The molecule has 4 nitrogen and oxygen atoms in total. The lowest BCUT2D eigenvalue weighted by molar-refractivity contribution is -0.146. The molecule has 1 N–H and O–H groups in total. The molecule has 0 heterocycles. The molecule has 5 rings (SSSR count). The van der Waals surface area contributed by atoms with Gasteiger partial charge in [0.25, 0.3) is 0 Å². The molecule has 4 fully saturated rings. The highest BCUT2D eigenvalue weighted by atomic mass is 16.5. The molecular formula is C23H32N2O2. The lowest BCUT2D eigenvalue weighted by Gasteiger charge is -2.55. The second-order valence-electron chi connectivity index (χ2n) is 9.50. The van der Waals surface area contributed by atoms with Crippen LogP contribution in [0, 0.1) is 29.1 Å². The van der Waals surface area contributed by atoms with Crippen LogP contribution in [0.1, 0.15) is 64.4 Å². The maximum Gasteiger partial charge on any atom is 0.246 e. The standard InChI is InChI=1S/C23H32N2O2/c1-16(2)7-8-27-21-5-3-17(4-6-21)15-24-25-22(26)23-12-18-9-19(13-23)11-20(10-18)14-23/h3-6,15-16,18-20H,7-14H2,1-2H3,(H,25,26)/b24-15-. The number of nitrogens with one attached hydrogen (secondary N) is 1. The van der Waals surface area contributed by atoms with Crippen LogP contribution in [-0.4, -0.2) is 18.7 Å². The molecule has 4 aliphatic rings. The number of hydrazone groups is 1. The Bertz CT molecular complexity index is 658. The normalized spacial score (nSPS) is 31.6. The molecule has 1 amide bonds. The summed E-state index contributed by atoms with van der Waals surface area (Å²) >= 11 is 0. The Kier molecular flexibility index (Phi) is 5.25. The first-order valence-corrected chi connectivity index (χ1v) is 10.6. The minimum atomic E-state index is -0.139. The van der Waals surface area contributed by atoms with E-state index in [1.807, 2.05) is 24.3 Å². The minimum absolute atomic E-state index is 0.139. The zero-order valence-corrected chi connectivity index (χ0v) is 16.6. The van der Waals surface area contributed by atoms with Gasteiger partial charge in [0.15, 0.2) is 0 Å². The monoisotopic (exact) mass is 368 g/mol. The van der Waals surface area contributed by atoms with Crippen LogP contribution in [0.3, 0.4) is 0 Å². The van der Waals surface area contributed by atoms with Crippen LogP contribution in [0.2, 0.25) is 0 Å². The van der Waals surface area contributed by atoms with E-state index in [-0.39, 0.29) is 11.3 Å². The SMILES string of the molecule is CC(C)CCOc1ccc(/C=N\NC(=O)C23CC4CC(CC(C4)C2)C3)cc1. The number of nitrogens with zero attached hydrogens (tertiary/aromatic N) is 1. The summed E-state index contributed by atoms with van der Waals surface area (Å²) in [5.74, 6) is 3.99. The molecule has 4 aliphatic carbocycles. The van der Waals surface area contributed by atoms with Gasteiger partial charge in [0, 0.05) is 0 Å². The number of hydrogen-bond donors (Lipinski definition) is 1. The number of carbonyl (C=O) groups excluding carboxylic acids is 1. The Balaban J connectivity index is 1.29. The van der Waals surface area contributed by atoms with Crippen molar-refractivity contribution in [1.29, 1.82) is 0 Å². The van der Waals surface area contributed by atoms with Crippen LogP contribution in [0.25, 0.3) is 0 Å². The zero-order valence-electron chi connectivity index (χ0n) is 16.6. The molecule has 0 unspecified atom stereocenters. The number of rotatable bonds is 7. The maximum absolute atomic E-state index is 12.9. The van der Waals surface area contributed by atoms with Crippen molar-refractivity contribution >= 4 is 12.1 Å². The van der Waals surface area contributed by atoms with E-state index < -0.39 is 0 Å². The van der Waals surface area contributed by atoms with Gasteiger partial charge in [-0.2, -0.15) is 5.10 Å². The lowest BCUT2D eigenvalue weighted by Crippen LogP contribution is -2.52. The molecule has 0 aliphatic heterocycles. The average Bonchev–Trinajstić information content (AvgIpc) is 2.61. The first kappa shape index (κ1) is 18.5. The molecule has 0 radical (unpaired) electrons. The van der Waals surface area contributed by atoms with E-state index in [0.717, 1.165) is 61.4 Å². The number of ether oxygens (including phenoxy) is 1. The highest BCUT2D eigenvalue weighted by Crippen LogP contribution is 2.60. The van der Waals surface area contributed by atoms with Gasteiger partial charge in [-0.15, -0.1) is 0 Å². The molecule has 0 saturated heterocycles. The van der Waals surface area contributed by atoms with Crippen molar-refractivity contribution in [3.8, 4) is 5.75 Å². The molecule has 0 aromatic heterocycles. The van der Waals surface area contributed by atoms with E-state index in [0.29, 0.717) is 5.92 Å². The fourth-order valence-electron chi connectivity index (χ4n) is 5.74. The van der Waals surface area contributed by atoms with E-state index in [4.69, 9.17) is 4.74 Å². The molecule has 27 heavy (non-hydrogen) atoms. The van der Waals surface area contributed by atoms with Crippen LogP contribution in [0.5, 0.6) is 5.75 Å². The fraction of sp³-hybridized carbons (Fsp3) is 0.652. The average molecular weight is 369 g/mol. The van der Waals surface area contributed by atoms with Gasteiger partial charge in [-0.25, -0.2) is 5.43 Å². The van der Waals surface area contributed by atoms with Crippen molar-refractivity contribution in [2.24, 2.45) is 34.2 Å².